The van der Waals surface area contributed by atoms with Gasteiger partial charge in [-0.05, 0) is 29.9 Å². The maximum absolute atomic E-state index is 13.2. The first kappa shape index (κ1) is 16.7. The summed E-state index contributed by atoms with van der Waals surface area (Å²) in [6, 6.07) is 7.31. The predicted octanol–water partition coefficient (Wildman–Crippen LogP) is 0.948. The molecule has 8 heteroatoms. The van der Waals surface area contributed by atoms with Crippen LogP contribution in [-0.4, -0.2) is 31.9 Å². The molecule has 146 valence electrons. The Hall–Kier alpha value is -3.26. The molecular formula is C21H19N5O3. The first-order chi connectivity index (χ1) is 14.1. The number of aliphatic hydroxyl groups is 1. The van der Waals surface area contributed by atoms with E-state index in [0.29, 0.717) is 34.5 Å². The minimum atomic E-state index is -0.657. The van der Waals surface area contributed by atoms with Crippen molar-refractivity contribution in [3.8, 4) is 5.82 Å². The van der Waals surface area contributed by atoms with Crippen molar-refractivity contribution in [1.82, 2.24) is 20.1 Å². The third-order valence-corrected chi connectivity index (χ3v) is 6.35. The summed E-state index contributed by atoms with van der Waals surface area (Å²) in [6.45, 7) is 0. The zero-order chi connectivity index (χ0) is 19.7. The molecule has 1 fully saturated rings. The van der Waals surface area contributed by atoms with Gasteiger partial charge in [0.05, 0.1) is 24.0 Å². The van der Waals surface area contributed by atoms with E-state index in [-0.39, 0.29) is 5.91 Å². The van der Waals surface area contributed by atoms with Gasteiger partial charge in [0.1, 0.15) is 0 Å². The lowest BCUT2D eigenvalue weighted by atomic mass is 10.1. The van der Waals surface area contributed by atoms with Crippen molar-refractivity contribution in [3.05, 3.63) is 76.1 Å². The second-order valence-corrected chi connectivity index (χ2v) is 8.13. The average Bonchev–Trinajstić information content (AvgIpc) is 3.06. The van der Waals surface area contributed by atoms with Gasteiger partial charge in [-0.25, -0.2) is 9.67 Å². The molecular weight excluding hydrogens is 370 g/mol. The molecule has 0 bridgehead atoms. The van der Waals surface area contributed by atoms with Crippen LogP contribution in [0.25, 0.3) is 5.82 Å². The normalized spacial score (nSPS) is 26.0. The van der Waals surface area contributed by atoms with Crippen molar-refractivity contribution in [2.75, 3.05) is 0 Å². The van der Waals surface area contributed by atoms with Gasteiger partial charge >= 0.3 is 0 Å². The highest BCUT2D eigenvalue weighted by Crippen LogP contribution is 2.57. The predicted molar refractivity (Wildman–Crippen MR) is 101 cm³/mol. The summed E-state index contributed by atoms with van der Waals surface area (Å²) in [6.07, 6.45) is 5.88. The van der Waals surface area contributed by atoms with Crippen LogP contribution in [0.1, 0.15) is 51.3 Å². The van der Waals surface area contributed by atoms with Crippen molar-refractivity contribution in [1.29, 1.82) is 0 Å². The molecule has 3 aliphatic carbocycles. The SMILES string of the molecule is O=C(N[C@H]1c2ccccc2CC1O)c1nn(-c2c[n+]([O-])ccn2)c2c1C[C@@H]1C[C@H]21. The molecule has 1 saturated carbocycles. The van der Waals surface area contributed by atoms with E-state index in [1.54, 1.807) is 4.68 Å². The Morgan fingerprint density at radius 2 is 2.17 bits per heavy atom. The molecule has 2 aromatic heterocycles. The molecule has 8 nitrogen and oxygen atoms in total. The monoisotopic (exact) mass is 389 g/mol. The standard InChI is InChI=1S/C21H19N5O3/c27-16-9-11-3-1-2-4-13(11)18(16)23-21(28)19-15-8-12-7-14(12)20(15)26(24-19)17-10-25(29)6-5-22-17/h1-6,10,12,14,16,18,27H,7-9H2,(H,23,28)/t12-,14-,16?,18-/m0/s1. The van der Waals surface area contributed by atoms with E-state index in [1.165, 1.54) is 18.6 Å². The summed E-state index contributed by atoms with van der Waals surface area (Å²) in [5, 5.41) is 29.7. The minimum absolute atomic E-state index is 0.298. The van der Waals surface area contributed by atoms with Gasteiger partial charge in [0, 0.05) is 17.9 Å². The Morgan fingerprint density at radius 1 is 1.31 bits per heavy atom. The summed E-state index contributed by atoms with van der Waals surface area (Å²) < 4.78 is 2.33. The smallest absolute Gasteiger partial charge is 0.272 e. The Labute approximate surface area is 166 Å². The van der Waals surface area contributed by atoms with Crippen LogP contribution in [-0.2, 0) is 12.8 Å². The van der Waals surface area contributed by atoms with Gasteiger partial charge in [-0.2, -0.15) is 9.83 Å². The van der Waals surface area contributed by atoms with E-state index in [4.69, 9.17) is 0 Å². The third-order valence-electron chi connectivity index (χ3n) is 6.35. The van der Waals surface area contributed by atoms with Crippen molar-refractivity contribution >= 4 is 5.91 Å². The molecule has 0 radical (unpaired) electrons. The van der Waals surface area contributed by atoms with Crippen LogP contribution in [0.3, 0.4) is 0 Å². The highest BCUT2D eigenvalue weighted by molar-refractivity contribution is 5.95. The molecule has 0 spiro atoms. The number of hydrogen-bond donors (Lipinski definition) is 2. The van der Waals surface area contributed by atoms with Crippen LogP contribution in [0.15, 0.2) is 42.9 Å². The summed E-state index contributed by atoms with van der Waals surface area (Å²) in [5.41, 5.74) is 4.30. The second-order valence-electron chi connectivity index (χ2n) is 8.13. The third kappa shape index (κ3) is 2.49. The second kappa shape index (κ2) is 5.87. The lowest BCUT2D eigenvalue weighted by Crippen LogP contribution is -2.34. The van der Waals surface area contributed by atoms with Gasteiger partial charge in [0.25, 0.3) is 5.91 Å². The molecule has 1 amide bonds. The maximum Gasteiger partial charge on any atom is 0.272 e. The van der Waals surface area contributed by atoms with Gasteiger partial charge in [0.15, 0.2) is 11.9 Å². The fraction of sp³-hybridized carbons (Fsp3) is 0.333. The Kier molecular flexibility index (Phi) is 3.37. The van der Waals surface area contributed by atoms with E-state index in [1.807, 2.05) is 24.3 Å². The van der Waals surface area contributed by atoms with Crippen LogP contribution < -0.4 is 10.0 Å². The van der Waals surface area contributed by atoms with E-state index < -0.39 is 12.1 Å². The van der Waals surface area contributed by atoms with E-state index in [0.717, 1.165) is 35.2 Å². The zero-order valence-corrected chi connectivity index (χ0v) is 15.5. The average molecular weight is 389 g/mol. The maximum atomic E-state index is 13.2. The van der Waals surface area contributed by atoms with Crippen LogP contribution in [0.2, 0.25) is 0 Å². The summed E-state index contributed by atoms with van der Waals surface area (Å²) >= 11 is 0. The van der Waals surface area contributed by atoms with Crippen molar-refractivity contribution in [2.45, 2.75) is 37.3 Å². The molecule has 3 aromatic rings. The van der Waals surface area contributed by atoms with Gasteiger partial charge in [0.2, 0.25) is 12.0 Å². The van der Waals surface area contributed by atoms with Crippen molar-refractivity contribution < 1.29 is 14.6 Å². The molecule has 6 rings (SSSR count). The number of amides is 1. The van der Waals surface area contributed by atoms with E-state index >= 15 is 0 Å². The van der Waals surface area contributed by atoms with Gasteiger partial charge in [-0.3, -0.25) is 4.79 Å². The number of fused-ring (bicyclic) bond motifs is 4. The summed E-state index contributed by atoms with van der Waals surface area (Å²) in [7, 11) is 0. The number of nitrogens with zero attached hydrogens (tertiary/aromatic N) is 4. The number of aliphatic hydroxyl groups excluding tert-OH is 1. The number of carbonyl (C=O) groups is 1. The van der Waals surface area contributed by atoms with E-state index in [2.05, 4.69) is 15.4 Å². The first-order valence-corrected chi connectivity index (χ1v) is 9.84. The van der Waals surface area contributed by atoms with Crippen LogP contribution in [0.4, 0.5) is 0 Å². The van der Waals surface area contributed by atoms with Crippen molar-refractivity contribution in [2.24, 2.45) is 5.92 Å². The molecule has 1 unspecified atom stereocenters. The fourth-order valence-corrected chi connectivity index (χ4v) is 4.91. The largest absolute Gasteiger partial charge is 0.619 e. The summed E-state index contributed by atoms with van der Waals surface area (Å²) in [5.74, 6) is 1.03. The first-order valence-electron chi connectivity index (χ1n) is 9.84. The van der Waals surface area contributed by atoms with Crippen LogP contribution in [0, 0.1) is 11.1 Å². The Balaban J connectivity index is 1.37. The minimum Gasteiger partial charge on any atom is -0.619 e. The fourth-order valence-electron chi connectivity index (χ4n) is 4.91. The van der Waals surface area contributed by atoms with Crippen LogP contribution in [0.5, 0.6) is 0 Å². The van der Waals surface area contributed by atoms with Crippen molar-refractivity contribution in [3.63, 3.8) is 0 Å². The number of aromatic nitrogens is 4. The highest BCUT2D eigenvalue weighted by atomic mass is 16.5. The van der Waals surface area contributed by atoms with Crippen LogP contribution >= 0.6 is 0 Å². The molecule has 1 aromatic carbocycles. The number of carbonyl (C=O) groups excluding carboxylic acids is 1. The molecule has 29 heavy (non-hydrogen) atoms. The molecule has 0 aliphatic heterocycles. The molecule has 3 aliphatic rings. The van der Waals surface area contributed by atoms with Gasteiger partial charge < -0.3 is 15.6 Å². The Morgan fingerprint density at radius 3 is 3.03 bits per heavy atom. The number of nitrogens with one attached hydrogen (secondary N) is 1. The number of rotatable bonds is 3. The topological polar surface area (TPSA) is 107 Å². The lowest BCUT2D eigenvalue weighted by Gasteiger charge is -2.17. The van der Waals surface area contributed by atoms with Gasteiger partial charge in [-0.1, -0.05) is 24.3 Å². The molecule has 4 atom stereocenters. The lowest BCUT2D eigenvalue weighted by molar-refractivity contribution is -0.605. The highest BCUT2D eigenvalue weighted by Gasteiger charge is 2.50. The molecule has 2 heterocycles. The van der Waals surface area contributed by atoms with E-state index in [9.17, 15) is 15.1 Å². The quantitative estimate of drug-likeness (QED) is 0.512. The molecule has 0 saturated heterocycles. The molecule has 2 N–H and O–H groups in total. The van der Waals surface area contributed by atoms with Gasteiger partial charge in [-0.15, -0.1) is 0 Å². The number of benzene rings is 1. The number of hydrogen-bond acceptors (Lipinski definition) is 5. The summed E-state index contributed by atoms with van der Waals surface area (Å²) in [4.78, 5) is 17.4. The zero-order valence-electron chi connectivity index (χ0n) is 15.5. The Bertz CT molecular complexity index is 1160.